The summed E-state index contributed by atoms with van der Waals surface area (Å²) in [7, 11) is 0. The lowest BCUT2D eigenvalue weighted by molar-refractivity contribution is -0.152. The smallest absolute Gasteiger partial charge is 0.331 e. The van der Waals surface area contributed by atoms with Crippen molar-refractivity contribution in [3.8, 4) is 11.5 Å². The summed E-state index contributed by atoms with van der Waals surface area (Å²) in [6.45, 7) is 2.08. The molecule has 4 rings (SSSR count). The van der Waals surface area contributed by atoms with Crippen LogP contribution in [0.2, 0.25) is 0 Å². The van der Waals surface area contributed by atoms with Gasteiger partial charge in [-0.25, -0.2) is 9.78 Å². The first-order valence-corrected chi connectivity index (χ1v) is 10.2. The maximum atomic E-state index is 13.2. The van der Waals surface area contributed by atoms with Crippen LogP contribution < -0.4 is 5.32 Å². The zero-order valence-electron chi connectivity index (χ0n) is 16.2. The number of amides is 1. The van der Waals surface area contributed by atoms with Crippen molar-refractivity contribution in [2.45, 2.75) is 63.3 Å². The highest BCUT2D eigenvalue weighted by atomic mass is 16.5. The fraction of sp³-hybridized carbons (Fsp3) is 0.500. The van der Waals surface area contributed by atoms with Crippen LogP contribution in [0.25, 0.3) is 11.5 Å². The normalized spacial score (nSPS) is 18.5. The van der Waals surface area contributed by atoms with Crippen molar-refractivity contribution in [1.29, 1.82) is 0 Å². The molecule has 28 heavy (non-hydrogen) atoms. The van der Waals surface area contributed by atoms with Gasteiger partial charge in [0.05, 0.1) is 6.61 Å². The number of benzene rings is 1. The third-order valence-corrected chi connectivity index (χ3v) is 5.56. The van der Waals surface area contributed by atoms with Crippen LogP contribution in [0.5, 0.6) is 0 Å². The average molecular weight is 382 g/mol. The number of rotatable bonds is 6. The highest BCUT2D eigenvalue weighted by Crippen LogP contribution is 2.43. The summed E-state index contributed by atoms with van der Waals surface area (Å²) in [6, 6.07) is 9.56. The van der Waals surface area contributed by atoms with E-state index in [-0.39, 0.29) is 17.8 Å². The summed E-state index contributed by atoms with van der Waals surface area (Å²) in [4.78, 5) is 30.4. The molecular formula is C22H26N2O4. The van der Waals surface area contributed by atoms with Crippen LogP contribution >= 0.6 is 0 Å². The SMILES string of the molecule is CCOC(=O)C1(NC(=O)c2nc(-c3ccccc3)oc2C2CC2)CCCCC1. The number of ether oxygens (including phenoxy) is 1. The number of carbonyl (C=O) groups is 2. The molecule has 2 aromatic rings. The van der Waals surface area contributed by atoms with E-state index in [1.807, 2.05) is 30.3 Å². The quantitative estimate of drug-likeness (QED) is 0.757. The number of nitrogens with zero attached hydrogens (tertiary/aromatic N) is 1. The van der Waals surface area contributed by atoms with Gasteiger partial charge in [-0.1, -0.05) is 37.5 Å². The molecular weight excluding hydrogens is 356 g/mol. The van der Waals surface area contributed by atoms with Gasteiger partial charge in [0, 0.05) is 11.5 Å². The number of esters is 1. The Balaban J connectivity index is 1.63. The van der Waals surface area contributed by atoms with Gasteiger partial charge in [0.25, 0.3) is 5.91 Å². The van der Waals surface area contributed by atoms with Crippen molar-refractivity contribution in [1.82, 2.24) is 10.3 Å². The lowest BCUT2D eigenvalue weighted by Gasteiger charge is -2.35. The lowest BCUT2D eigenvalue weighted by Crippen LogP contribution is -2.56. The Morgan fingerprint density at radius 3 is 2.54 bits per heavy atom. The topological polar surface area (TPSA) is 81.4 Å². The van der Waals surface area contributed by atoms with E-state index in [4.69, 9.17) is 9.15 Å². The number of hydrogen-bond donors (Lipinski definition) is 1. The monoisotopic (exact) mass is 382 g/mol. The second-order valence-corrected chi connectivity index (χ2v) is 7.69. The third-order valence-electron chi connectivity index (χ3n) is 5.56. The fourth-order valence-corrected chi connectivity index (χ4v) is 3.90. The molecule has 2 aliphatic carbocycles. The number of carbonyl (C=O) groups excluding carboxylic acids is 2. The Kier molecular flexibility index (Phi) is 5.20. The van der Waals surface area contributed by atoms with Gasteiger partial charge in [-0.05, 0) is 44.7 Å². The molecule has 0 unspecified atom stereocenters. The summed E-state index contributed by atoms with van der Waals surface area (Å²) in [5.41, 5.74) is 0.176. The number of hydrogen-bond acceptors (Lipinski definition) is 5. The van der Waals surface area contributed by atoms with E-state index < -0.39 is 5.54 Å². The molecule has 0 bridgehead atoms. The van der Waals surface area contributed by atoms with Crippen molar-refractivity contribution in [2.75, 3.05) is 6.61 Å². The molecule has 1 aromatic carbocycles. The minimum Gasteiger partial charge on any atom is -0.464 e. The van der Waals surface area contributed by atoms with Gasteiger partial charge >= 0.3 is 5.97 Å². The number of nitrogens with one attached hydrogen (secondary N) is 1. The lowest BCUT2D eigenvalue weighted by atomic mass is 9.81. The summed E-state index contributed by atoms with van der Waals surface area (Å²) in [5.74, 6) is 0.619. The van der Waals surface area contributed by atoms with Crippen LogP contribution in [0.15, 0.2) is 34.7 Å². The summed E-state index contributed by atoms with van der Waals surface area (Å²) < 4.78 is 11.3. The molecule has 6 nitrogen and oxygen atoms in total. The molecule has 1 N–H and O–H groups in total. The van der Waals surface area contributed by atoms with E-state index in [0.717, 1.165) is 37.7 Å². The molecule has 0 aliphatic heterocycles. The summed E-state index contributed by atoms with van der Waals surface area (Å²) in [6.07, 6.45) is 6.02. The van der Waals surface area contributed by atoms with E-state index in [9.17, 15) is 9.59 Å². The van der Waals surface area contributed by atoms with Crippen molar-refractivity contribution < 1.29 is 18.7 Å². The first-order chi connectivity index (χ1) is 13.6. The van der Waals surface area contributed by atoms with Crippen LogP contribution in [0.1, 0.15) is 74.0 Å². The minimum atomic E-state index is -0.960. The van der Waals surface area contributed by atoms with Crippen molar-refractivity contribution in [3.63, 3.8) is 0 Å². The van der Waals surface area contributed by atoms with E-state index >= 15 is 0 Å². The molecule has 148 valence electrons. The largest absolute Gasteiger partial charge is 0.464 e. The maximum Gasteiger partial charge on any atom is 0.331 e. The van der Waals surface area contributed by atoms with E-state index in [1.54, 1.807) is 6.92 Å². The second kappa shape index (κ2) is 7.78. The second-order valence-electron chi connectivity index (χ2n) is 7.69. The molecule has 6 heteroatoms. The van der Waals surface area contributed by atoms with Crippen LogP contribution in [0, 0.1) is 0 Å². The molecule has 2 aliphatic rings. The maximum absolute atomic E-state index is 13.2. The van der Waals surface area contributed by atoms with E-state index in [1.165, 1.54) is 0 Å². The Bertz CT molecular complexity index is 849. The zero-order valence-corrected chi connectivity index (χ0v) is 16.2. The summed E-state index contributed by atoms with van der Waals surface area (Å²) >= 11 is 0. The third kappa shape index (κ3) is 3.68. The van der Waals surface area contributed by atoms with E-state index in [2.05, 4.69) is 10.3 Å². The van der Waals surface area contributed by atoms with Gasteiger partial charge in [0.1, 0.15) is 11.3 Å². The number of oxazole rings is 1. The van der Waals surface area contributed by atoms with Gasteiger partial charge in [0.15, 0.2) is 5.69 Å². The summed E-state index contributed by atoms with van der Waals surface area (Å²) in [5, 5.41) is 2.99. The molecule has 1 heterocycles. The van der Waals surface area contributed by atoms with Crippen LogP contribution in [-0.4, -0.2) is 29.0 Å². The highest BCUT2D eigenvalue weighted by molar-refractivity contribution is 5.98. The molecule has 0 spiro atoms. The van der Waals surface area contributed by atoms with Gasteiger partial charge in [-0.3, -0.25) is 4.79 Å². The molecule has 1 amide bonds. The van der Waals surface area contributed by atoms with Crippen molar-refractivity contribution in [2.24, 2.45) is 0 Å². The van der Waals surface area contributed by atoms with Gasteiger partial charge in [-0.15, -0.1) is 0 Å². The van der Waals surface area contributed by atoms with Gasteiger partial charge in [0.2, 0.25) is 5.89 Å². The molecule has 2 fully saturated rings. The Morgan fingerprint density at radius 2 is 1.89 bits per heavy atom. The van der Waals surface area contributed by atoms with E-state index in [0.29, 0.717) is 36.8 Å². The molecule has 1 aromatic heterocycles. The first-order valence-electron chi connectivity index (χ1n) is 10.2. The van der Waals surface area contributed by atoms with Gasteiger partial charge < -0.3 is 14.5 Å². The zero-order chi connectivity index (χ0) is 19.6. The predicted molar refractivity (Wildman–Crippen MR) is 104 cm³/mol. The minimum absolute atomic E-state index is 0.232. The van der Waals surface area contributed by atoms with Crippen LogP contribution in [0.3, 0.4) is 0 Å². The molecule has 0 atom stereocenters. The molecule has 2 saturated carbocycles. The molecule has 0 saturated heterocycles. The average Bonchev–Trinajstić information content (AvgIpc) is 3.47. The molecule has 0 radical (unpaired) electrons. The standard InChI is InChI=1S/C22H26N2O4/c1-2-27-21(26)22(13-7-4-8-14-22)24-19(25)17-18(15-11-12-15)28-20(23-17)16-9-5-3-6-10-16/h3,5-6,9-10,15H,2,4,7-8,11-14H2,1H3,(H,24,25). The van der Waals surface area contributed by atoms with Crippen molar-refractivity contribution in [3.05, 3.63) is 41.8 Å². The highest BCUT2D eigenvalue weighted by Gasteiger charge is 2.44. The van der Waals surface area contributed by atoms with Crippen LogP contribution in [0.4, 0.5) is 0 Å². The first kappa shape index (κ1) is 18.7. The Labute approximate surface area is 164 Å². The Hall–Kier alpha value is -2.63. The van der Waals surface area contributed by atoms with Crippen molar-refractivity contribution >= 4 is 11.9 Å². The number of aromatic nitrogens is 1. The fourth-order valence-electron chi connectivity index (χ4n) is 3.90. The Morgan fingerprint density at radius 1 is 1.18 bits per heavy atom. The predicted octanol–water partition coefficient (Wildman–Crippen LogP) is 4.21. The van der Waals surface area contributed by atoms with Crippen LogP contribution in [-0.2, 0) is 9.53 Å². The van der Waals surface area contributed by atoms with Gasteiger partial charge in [-0.2, -0.15) is 0 Å².